The maximum atomic E-state index is 5.59. The van der Waals surface area contributed by atoms with Gasteiger partial charge in [0, 0.05) is 0 Å². The Bertz CT molecular complexity index is 351. The van der Waals surface area contributed by atoms with Gasteiger partial charge in [0.25, 0.3) is 0 Å². The standard InChI is InChI=1S/C15H18O/c1-3-8-14(9-4-1)10-7-13-16-15-11-5-2-6-12-15/h2-3,5-8,10-12,14H,1,4,9,13H2/b10-7+. The molecule has 0 saturated heterocycles. The Balaban J connectivity index is 1.73. The second kappa shape index (κ2) is 6.16. The zero-order valence-electron chi connectivity index (χ0n) is 9.51. The molecule has 0 spiro atoms. The number of rotatable bonds is 4. The van der Waals surface area contributed by atoms with E-state index >= 15 is 0 Å². The number of hydrogen-bond donors (Lipinski definition) is 0. The Labute approximate surface area is 97.4 Å². The predicted octanol–water partition coefficient (Wildman–Crippen LogP) is 3.98. The van der Waals surface area contributed by atoms with Crippen molar-refractivity contribution < 1.29 is 4.74 Å². The first-order valence-corrected chi connectivity index (χ1v) is 5.96. The molecule has 16 heavy (non-hydrogen) atoms. The normalized spacial score (nSPS) is 20.1. The van der Waals surface area contributed by atoms with Gasteiger partial charge in [-0.3, -0.25) is 0 Å². The molecule has 0 radical (unpaired) electrons. The van der Waals surface area contributed by atoms with Gasteiger partial charge in [0.05, 0.1) is 0 Å². The van der Waals surface area contributed by atoms with E-state index in [4.69, 9.17) is 4.74 Å². The third kappa shape index (κ3) is 3.58. The zero-order valence-corrected chi connectivity index (χ0v) is 9.51. The number of ether oxygens (including phenoxy) is 1. The molecule has 0 saturated carbocycles. The highest BCUT2D eigenvalue weighted by Gasteiger charge is 2.03. The highest BCUT2D eigenvalue weighted by atomic mass is 16.5. The molecule has 0 bridgehead atoms. The molecule has 2 rings (SSSR count). The lowest BCUT2D eigenvalue weighted by atomic mass is 9.96. The van der Waals surface area contributed by atoms with E-state index in [1.54, 1.807) is 0 Å². The summed E-state index contributed by atoms with van der Waals surface area (Å²) >= 11 is 0. The third-order valence-corrected chi connectivity index (χ3v) is 2.76. The number of para-hydroxylation sites is 1. The molecule has 1 aliphatic carbocycles. The Morgan fingerprint density at radius 3 is 2.88 bits per heavy atom. The summed E-state index contributed by atoms with van der Waals surface area (Å²) in [5.41, 5.74) is 0. The van der Waals surface area contributed by atoms with Gasteiger partial charge < -0.3 is 4.74 Å². The minimum absolute atomic E-state index is 0.619. The van der Waals surface area contributed by atoms with Crippen molar-refractivity contribution >= 4 is 0 Å². The fourth-order valence-electron chi connectivity index (χ4n) is 1.89. The SMILES string of the molecule is C1=CC(/C=C/COc2ccccc2)CCC1. The molecule has 84 valence electrons. The van der Waals surface area contributed by atoms with Crippen molar-refractivity contribution in [1.82, 2.24) is 0 Å². The lowest BCUT2D eigenvalue weighted by Gasteiger charge is -2.11. The highest BCUT2D eigenvalue weighted by Crippen LogP contribution is 2.17. The van der Waals surface area contributed by atoms with Crippen LogP contribution in [0.4, 0.5) is 0 Å². The summed E-state index contributed by atoms with van der Waals surface area (Å²) in [6.45, 7) is 0.661. The topological polar surface area (TPSA) is 9.23 Å². The van der Waals surface area contributed by atoms with Crippen molar-refractivity contribution in [1.29, 1.82) is 0 Å². The maximum absolute atomic E-state index is 5.59. The van der Waals surface area contributed by atoms with E-state index < -0.39 is 0 Å². The lowest BCUT2D eigenvalue weighted by Crippen LogP contribution is -1.98. The van der Waals surface area contributed by atoms with Crippen molar-refractivity contribution in [2.45, 2.75) is 19.3 Å². The van der Waals surface area contributed by atoms with Gasteiger partial charge in [0.1, 0.15) is 12.4 Å². The van der Waals surface area contributed by atoms with Crippen LogP contribution in [0.25, 0.3) is 0 Å². The fraction of sp³-hybridized carbons (Fsp3) is 0.333. The molecule has 0 aromatic heterocycles. The zero-order chi connectivity index (χ0) is 11.1. The van der Waals surface area contributed by atoms with E-state index in [0.29, 0.717) is 12.5 Å². The number of benzene rings is 1. The molecular weight excluding hydrogens is 196 g/mol. The first-order chi connectivity index (χ1) is 7.95. The minimum Gasteiger partial charge on any atom is -0.490 e. The molecule has 1 aliphatic rings. The molecule has 1 atom stereocenters. The molecule has 1 aromatic rings. The molecular formula is C15H18O. The summed E-state index contributed by atoms with van der Waals surface area (Å²) in [6.07, 6.45) is 12.8. The van der Waals surface area contributed by atoms with Crippen LogP contribution in [0, 0.1) is 5.92 Å². The first kappa shape index (κ1) is 11.0. The van der Waals surface area contributed by atoms with Gasteiger partial charge in [-0.25, -0.2) is 0 Å². The summed E-state index contributed by atoms with van der Waals surface area (Å²) in [4.78, 5) is 0. The Kier molecular flexibility index (Phi) is 4.24. The fourth-order valence-corrected chi connectivity index (χ4v) is 1.89. The molecule has 0 amide bonds. The van der Waals surface area contributed by atoms with Crippen LogP contribution in [0.15, 0.2) is 54.6 Å². The first-order valence-electron chi connectivity index (χ1n) is 5.96. The average Bonchev–Trinajstić information content (AvgIpc) is 2.37. The van der Waals surface area contributed by atoms with Gasteiger partial charge in [-0.2, -0.15) is 0 Å². The molecule has 1 unspecified atom stereocenters. The summed E-state index contributed by atoms with van der Waals surface area (Å²) in [7, 11) is 0. The average molecular weight is 214 g/mol. The Morgan fingerprint density at radius 2 is 2.12 bits per heavy atom. The third-order valence-electron chi connectivity index (χ3n) is 2.76. The van der Waals surface area contributed by atoms with Crippen molar-refractivity contribution in [2.75, 3.05) is 6.61 Å². The van der Waals surface area contributed by atoms with Crippen molar-refractivity contribution in [2.24, 2.45) is 5.92 Å². The quantitative estimate of drug-likeness (QED) is 0.689. The van der Waals surface area contributed by atoms with Crippen LogP contribution in [0.3, 0.4) is 0 Å². The summed E-state index contributed by atoms with van der Waals surface area (Å²) in [6, 6.07) is 9.93. The van der Waals surface area contributed by atoms with Crippen LogP contribution in [-0.2, 0) is 0 Å². The monoisotopic (exact) mass is 214 g/mol. The van der Waals surface area contributed by atoms with Crippen molar-refractivity contribution in [3.05, 3.63) is 54.6 Å². The molecule has 0 fully saturated rings. The molecule has 0 aliphatic heterocycles. The van der Waals surface area contributed by atoms with E-state index in [1.165, 1.54) is 19.3 Å². The number of allylic oxidation sites excluding steroid dienone is 3. The summed E-state index contributed by atoms with van der Waals surface area (Å²) in [5, 5.41) is 0. The van der Waals surface area contributed by atoms with E-state index in [2.05, 4.69) is 24.3 Å². The maximum Gasteiger partial charge on any atom is 0.119 e. The molecule has 0 heterocycles. The van der Waals surface area contributed by atoms with Crippen molar-refractivity contribution in [3.63, 3.8) is 0 Å². The van der Waals surface area contributed by atoms with Gasteiger partial charge in [0.2, 0.25) is 0 Å². The number of hydrogen-bond acceptors (Lipinski definition) is 1. The summed E-state index contributed by atoms with van der Waals surface area (Å²) < 4.78 is 5.59. The van der Waals surface area contributed by atoms with Gasteiger partial charge in [0.15, 0.2) is 0 Å². The minimum atomic E-state index is 0.619. The van der Waals surface area contributed by atoms with E-state index in [0.717, 1.165) is 5.75 Å². The van der Waals surface area contributed by atoms with Crippen LogP contribution in [0.1, 0.15) is 19.3 Å². The van der Waals surface area contributed by atoms with Crippen LogP contribution in [-0.4, -0.2) is 6.61 Å². The second-order valence-electron chi connectivity index (χ2n) is 4.08. The van der Waals surface area contributed by atoms with Gasteiger partial charge >= 0.3 is 0 Å². The van der Waals surface area contributed by atoms with E-state index in [-0.39, 0.29) is 0 Å². The molecule has 0 N–H and O–H groups in total. The Hall–Kier alpha value is -1.50. The van der Waals surface area contributed by atoms with Crippen molar-refractivity contribution in [3.8, 4) is 5.75 Å². The largest absolute Gasteiger partial charge is 0.490 e. The molecule has 1 nitrogen and oxygen atoms in total. The van der Waals surface area contributed by atoms with Crippen LogP contribution >= 0.6 is 0 Å². The Morgan fingerprint density at radius 1 is 1.25 bits per heavy atom. The van der Waals surface area contributed by atoms with Crippen LogP contribution in [0.2, 0.25) is 0 Å². The van der Waals surface area contributed by atoms with Gasteiger partial charge in [-0.15, -0.1) is 0 Å². The van der Waals surface area contributed by atoms with E-state index in [9.17, 15) is 0 Å². The molecule has 1 heteroatoms. The lowest BCUT2D eigenvalue weighted by molar-refractivity contribution is 0.362. The second-order valence-corrected chi connectivity index (χ2v) is 4.08. The van der Waals surface area contributed by atoms with Gasteiger partial charge in [-0.1, -0.05) is 42.5 Å². The van der Waals surface area contributed by atoms with Crippen LogP contribution < -0.4 is 4.74 Å². The van der Waals surface area contributed by atoms with Crippen LogP contribution in [0.5, 0.6) is 5.75 Å². The molecule has 1 aromatic carbocycles. The smallest absolute Gasteiger partial charge is 0.119 e. The van der Waals surface area contributed by atoms with Gasteiger partial charge in [-0.05, 0) is 37.3 Å². The predicted molar refractivity (Wildman–Crippen MR) is 67.6 cm³/mol. The summed E-state index contributed by atoms with van der Waals surface area (Å²) in [5.74, 6) is 1.56. The van der Waals surface area contributed by atoms with E-state index in [1.807, 2.05) is 30.3 Å². The highest BCUT2D eigenvalue weighted by molar-refractivity contribution is 5.21.